The van der Waals surface area contributed by atoms with Gasteiger partial charge in [-0.25, -0.2) is 4.79 Å². The second-order valence-corrected chi connectivity index (χ2v) is 8.10. The van der Waals surface area contributed by atoms with Gasteiger partial charge in [0.1, 0.15) is 0 Å². The molecule has 3 atom stereocenters. The lowest BCUT2D eigenvalue weighted by Crippen LogP contribution is -2.51. The van der Waals surface area contributed by atoms with Gasteiger partial charge in [0.2, 0.25) is 5.91 Å². The molecular weight excluding hydrogens is 454 g/mol. The van der Waals surface area contributed by atoms with Crippen LogP contribution in [-0.2, 0) is 23.7 Å². The molecule has 0 spiro atoms. The number of halogens is 2. The number of carbonyl (C=O) groups excluding carboxylic acids is 3. The Hall–Kier alpha value is -2.34. The van der Waals surface area contributed by atoms with Crippen molar-refractivity contribution in [1.82, 2.24) is 10.6 Å². The molecule has 168 valence electrons. The Bertz CT molecular complexity index is 869. The first-order valence-electron chi connectivity index (χ1n) is 9.29. The van der Waals surface area contributed by atoms with Gasteiger partial charge in [0.15, 0.2) is 12.2 Å². The summed E-state index contributed by atoms with van der Waals surface area (Å²) in [4.78, 5) is 47.4. The first kappa shape index (κ1) is 24.9. The molecule has 10 nitrogen and oxygen atoms in total. The highest BCUT2D eigenvalue weighted by Crippen LogP contribution is 2.21. The topological polar surface area (TPSA) is 151 Å². The Morgan fingerprint density at radius 1 is 1.26 bits per heavy atom. The molecule has 31 heavy (non-hydrogen) atoms. The first-order chi connectivity index (χ1) is 14.5. The zero-order valence-electron chi connectivity index (χ0n) is 16.6. The van der Waals surface area contributed by atoms with Gasteiger partial charge in [-0.15, -0.1) is 0 Å². The highest BCUT2D eigenvalue weighted by molar-refractivity contribution is 6.51. The fourth-order valence-corrected chi connectivity index (χ4v) is 3.23. The summed E-state index contributed by atoms with van der Waals surface area (Å²) in [6.45, 7) is 3.28. The van der Waals surface area contributed by atoms with Crippen LogP contribution in [-0.4, -0.2) is 65.8 Å². The molecule has 2 amide bonds. The number of carbonyl (C=O) groups is 4. The molecule has 2 unspecified atom stereocenters. The van der Waals surface area contributed by atoms with Crippen LogP contribution < -0.4 is 10.6 Å². The van der Waals surface area contributed by atoms with E-state index < -0.39 is 55.6 Å². The molecule has 1 aromatic carbocycles. The normalized spacial score (nSPS) is 17.8. The number of carboxylic acid groups (broad SMARTS) is 1. The van der Waals surface area contributed by atoms with Gasteiger partial charge in [-0.2, -0.15) is 0 Å². The van der Waals surface area contributed by atoms with Crippen molar-refractivity contribution in [1.29, 1.82) is 0 Å². The molecule has 1 aromatic rings. The summed E-state index contributed by atoms with van der Waals surface area (Å²) in [7, 11) is -1.30. The fraction of sp³-hybridized carbons (Fsp3) is 0.444. The number of aliphatic carboxylic acids is 1. The molecule has 13 heteroatoms. The fourth-order valence-electron chi connectivity index (χ4n) is 2.85. The van der Waals surface area contributed by atoms with E-state index in [1.807, 2.05) is 13.8 Å². The predicted octanol–water partition coefficient (Wildman–Crippen LogP) is 0.669. The lowest BCUT2D eigenvalue weighted by Gasteiger charge is -2.21. The lowest BCUT2D eigenvalue weighted by molar-refractivity contribution is -0.157. The van der Waals surface area contributed by atoms with Crippen molar-refractivity contribution in [3.05, 3.63) is 33.8 Å². The number of aliphatic hydroxyl groups excluding tert-OH is 1. The third-order valence-electron chi connectivity index (χ3n) is 4.27. The number of rotatable bonds is 9. The number of amides is 2. The molecule has 0 aliphatic carbocycles. The van der Waals surface area contributed by atoms with Crippen molar-refractivity contribution in [3.63, 3.8) is 0 Å². The van der Waals surface area contributed by atoms with Gasteiger partial charge in [-0.3, -0.25) is 14.4 Å². The largest absolute Gasteiger partial charge is 0.552 e. The summed E-state index contributed by atoms with van der Waals surface area (Å²) in [6, 6.07) is 4.32. The summed E-state index contributed by atoms with van der Waals surface area (Å²) >= 11 is 11.8. The maximum Gasteiger partial charge on any atom is 0.552 e. The maximum atomic E-state index is 12.4. The number of benzene rings is 1. The third kappa shape index (κ3) is 6.83. The van der Waals surface area contributed by atoms with Crippen LogP contribution in [0.15, 0.2) is 18.2 Å². The number of carboxylic acids is 1. The summed E-state index contributed by atoms with van der Waals surface area (Å²) < 4.78 is 10.3. The van der Waals surface area contributed by atoms with Crippen LogP contribution in [0.1, 0.15) is 30.6 Å². The van der Waals surface area contributed by atoms with Crippen molar-refractivity contribution in [2.75, 3.05) is 6.54 Å². The van der Waals surface area contributed by atoms with Crippen LogP contribution in [0.3, 0.4) is 0 Å². The monoisotopic (exact) mass is 474 g/mol. The zero-order valence-corrected chi connectivity index (χ0v) is 18.1. The minimum Gasteiger partial charge on any atom is -0.506 e. The molecule has 1 aliphatic heterocycles. The quantitative estimate of drug-likeness (QED) is 0.381. The zero-order chi connectivity index (χ0) is 23.3. The minimum atomic E-state index is -2.10. The third-order valence-corrected chi connectivity index (χ3v) is 4.83. The molecule has 0 bridgehead atoms. The van der Waals surface area contributed by atoms with Crippen molar-refractivity contribution in [2.24, 2.45) is 5.92 Å². The summed E-state index contributed by atoms with van der Waals surface area (Å²) in [5.41, 5.74) is 0.0965. The predicted molar refractivity (Wildman–Crippen MR) is 111 cm³/mol. The van der Waals surface area contributed by atoms with Crippen molar-refractivity contribution in [2.45, 2.75) is 38.4 Å². The van der Waals surface area contributed by atoms with Crippen LogP contribution >= 0.6 is 23.2 Å². The van der Waals surface area contributed by atoms with Crippen LogP contribution in [0.2, 0.25) is 10.0 Å². The highest BCUT2D eigenvalue weighted by atomic mass is 35.5. The van der Waals surface area contributed by atoms with E-state index in [0.717, 1.165) is 0 Å². The standard InChI is InChI=1S/C18H21BCl2N2O8/c1-8(2)5-12(19-30-15(18(29)31-19)14(25)17(27)28)23-13(24)7-22-16(26)10-6-9(20)3-4-11(10)21/h3-4,6,8,12,14-15,25H,5,7H2,1-2H3,(H,22,26)(H,23,24)(H,27,28)/t12-,14?,15?/m0/s1. The Labute approximate surface area is 188 Å². The van der Waals surface area contributed by atoms with Gasteiger partial charge in [0.05, 0.1) is 23.1 Å². The molecule has 4 N–H and O–H groups in total. The van der Waals surface area contributed by atoms with E-state index in [0.29, 0.717) is 11.4 Å². The Morgan fingerprint density at radius 3 is 2.55 bits per heavy atom. The molecule has 0 saturated carbocycles. The van der Waals surface area contributed by atoms with Crippen LogP contribution in [0.5, 0.6) is 0 Å². The van der Waals surface area contributed by atoms with E-state index in [1.54, 1.807) is 0 Å². The van der Waals surface area contributed by atoms with Crippen LogP contribution in [0, 0.1) is 5.92 Å². The van der Waals surface area contributed by atoms with Gasteiger partial charge in [-0.05, 0) is 30.5 Å². The summed E-state index contributed by atoms with van der Waals surface area (Å²) in [6.07, 6.45) is -3.50. The smallest absolute Gasteiger partial charge is 0.506 e. The average molecular weight is 475 g/mol. The lowest BCUT2D eigenvalue weighted by atomic mass is 9.74. The van der Waals surface area contributed by atoms with Crippen molar-refractivity contribution >= 4 is 54.1 Å². The number of hydrogen-bond acceptors (Lipinski definition) is 7. The van der Waals surface area contributed by atoms with E-state index in [9.17, 15) is 24.3 Å². The maximum absolute atomic E-state index is 12.4. The van der Waals surface area contributed by atoms with E-state index in [4.69, 9.17) is 37.6 Å². The minimum absolute atomic E-state index is 0.0379. The molecule has 1 aliphatic rings. The van der Waals surface area contributed by atoms with E-state index in [1.165, 1.54) is 18.2 Å². The number of aliphatic hydroxyl groups is 1. The molecule has 0 aromatic heterocycles. The molecule has 2 rings (SSSR count). The van der Waals surface area contributed by atoms with Crippen LogP contribution in [0.25, 0.3) is 0 Å². The average Bonchev–Trinajstić information content (AvgIpc) is 3.08. The van der Waals surface area contributed by atoms with Gasteiger partial charge >= 0.3 is 19.1 Å². The van der Waals surface area contributed by atoms with Gasteiger partial charge in [0, 0.05) is 5.02 Å². The highest BCUT2D eigenvalue weighted by Gasteiger charge is 2.50. The molecular formula is C18H21BCl2N2O8. The summed E-state index contributed by atoms with van der Waals surface area (Å²) in [5, 5.41) is 23.9. The number of hydrogen-bond donors (Lipinski definition) is 4. The Morgan fingerprint density at radius 2 is 1.94 bits per heavy atom. The SMILES string of the molecule is CC(C)C[C@H](NC(=O)CNC(=O)c1cc(Cl)ccc1Cl)B1OC(=O)C(C(O)C(=O)O)O1. The molecule has 1 heterocycles. The second kappa shape index (κ2) is 10.8. The van der Waals surface area contributed by atoms with Crippen LogP contribution in [0.4, 0.5) is 0 Å². The Balaban J connectivity index is 2.00. The first-order valence-corrected chi connectivity index (χ1v) is 10.0. The van der Waals surface area contributed by atoms with Crippen molar-refractivity contribution in [3.8, 4) is 0 Å². The van der Waals surface area contributed by atoms with Gasteiger partial charge in [-0.1, -0.05) is 37.0 Å². The Kier molecular flexibility index (Phi) is 8.69. The van der Waals surface area contributed by atoms with E-state index in [-0.39, 0.29) is 16.5 Å². The molecule has 1 fully saturated rings. The van der Waals surface area contributed by atoms with Gasteiger partial charge < -0.3 is 30.2 Å². The number of nitrogens with one attached hydrogen (secondary N) is 2. The second-order valence-electron chi connectivity index (χ2n) is 7.26. The molecule has 1 saturated heterocycles. The summed E-state index contributed by atoms with van der Waals surface area (Å²) in [5.74, 6) is -4.72. The van der Waals surface area contributed by atoms with E-state index >= 15 is 0 Å². The van der Waals surface area contributed by atoms with Crippen molar-refractivity contribution < 1.29 is 38.7 Å². The van der Waals surface area contributed by atoms with Gasteiger partial charge in [0.25, 0.3) is 5.91 Å². The van der Waals surface area contributed by atoms with E-state index in [2.05, 4.69) is 10.6 Å². The molecule has 0 radical (unpaired) electrons.